The van der Waals surface area contributed by atoms with Crippen molar-refractivity contribution in [2.75, 3.05) is 24.5 Å². The normalized spacial score (nSPS) is 15.3. The summed E-state index contributed by atoms with van der Waals surface area (Å²) in [6.07, 6.45) is 7.19. The lowest BCUT2D eigenvalue weighted by Crippen LogP contribution is -2.39. The first-order valence-corrected chi connectivity index (χ1v) is 8.63. The Balaban J connectivity index is 1.48. The molecule has 1 fully saturated rings. The molecule has 0 spiro atoms. The van der Waals surface area contributed by atoms with Crippen LogP contribution < -0.4 is 10.2 Å². The summed E-state index contributed by atoms with van der Waals surface area (Å²) in [7, 11) is 0. The molecule has 0 atom stereocenters. The lowest BCUT2D eigenvalue weighted by molar-refractivity contribution is 0.0945. The first kappa shape index (κ1) is 17.0. The number of benzene rings is 1. The van der Waals surface area contributed by atoms with Crippen molar-refractivity contribution in [1.29, 1.82) is 0 Å². The summed E-state index contributed by atoms with van der Waals surface area (Å²) in [6, 6.07) is 4.91. The molecule has 1 aliphatic rings. The zero-order valence-electron chi connectivity index (χ0n) is 13.1. The maximum atomic E-state index is 12.2. The second-order valence-electron chi connectivity index (χ2n) is 5.83. The van der Waals surface area contributed by atoms with E-state index in [0.29, 0.717) is 28.1 Å². The standard InChI is InChI=1S/C17H18Cl2N4O/c18-14-2-1-13(9-15(14)19)17(24)22-10-12-3-7-23(8-4-12)16-11-20-5-6-21-16/h1-2,5-6,9,11-12H,3-4,7-8,10H2,(H,22,24). The Bertz CT molecular complexity index is 703. The number of aromatic nitrogens is 2. The summed E-state index contributed by atoms with van der Waals surface area (Å²) >= 11 is 11.8. The van der Waals surface area contributed by atoms with Gasteiger partial charge in [0.05, 0.1) is 16.2 Å². The molecular weight excluding hydrogens is 347 g/mol. The van der Waals surface area contributed by atoms with Gasteiger partial charge in [-0.3, -0.25) is 9.78 Å². The second-order valence-corrected chi connectivity index (χ2v) is 6.65. The molecule has 1 amide bonds. The number of piperidine rings is 1. The molecule has 1 N–H and O–H groups in total. The summed E-state index contributed by atoms with van der Waals surface area (Å²) in [4.78, 5) is 22.9. The molecule has 0 aliphatic carbocycles. The number of rotatable bonds is 4. The van der Waals surface area contributed by atoms with Crippen LogP contribution in [0.15, 0.2) is 36.8 Å². The summed E-state index contributed by atoms with van der Waals surface area (Å²) in [6.45, 7) is 2.51. The Morgan fingerprint density at radius 2 is 2.00 bits per heavy atom. The van der Waals surface area contributed by atoms with E-state index in [9.17, 15) is 4.79 Å². The summed E-state index contributed by atoms with van der Waals surface area (Å²) in [5, 5.41) is 3.82. The van der Waals surface area contributed by atoms with Gasteiger partial charge >= 0.3 is 0 Å². The Kier molecular flexibility index (Phi) is 5.53. The predicted molar refractivity (Wildman–Crippen MR) is 95.8 cm³/mol. The Labute approximate surface area is 151 Å². The molecule has 1 aliphatic heterocycles. The smallest absolute Gasteiger partial charge is 0.251 e. The molecular formula is C17H18Cl2N4O. The first-order chi connectivity index (χ1) is 11.6. The van der Waals surface area contributed by atoms with Crippen molar-refractivity contribution in [3.63, 3.8) is 0 Å². The number of halogens is 2. The highest BCUT2D eigenvalue weighted by Crippen LogP contribution is 2.23. The van der Waals surface area contributed by atoms with Crippen molar-refractivity contribution < 1.29 is 4.79 Å². The zero-order chi connectivity index (χ0) is 16.9. The van der Waals surface area contributed by atoms with Crippen LogP contribution >= 0.6 is 23.2 Å². The fourth-order valence-corrected chi connectivity index (χ4v) is 3.10. The molecule has 0 radical (unpaired) electrons. The molecule has 0 unspecified atom stereocenters. The van der Waals surface area contributed by atoms with Gasteiger partial charge in [0.15, 0.2) is 0 Å². The van der Waals surface area contributed by atoms with Gasteiger partial charge in [0, 0.05) is 37.6 Å². The van der Waals surface area contributed by atoms with E-state index in [1.165, 1.54) is 0 Å². The third-order valence-corrected chi connectivity index (χ3v) is 4.96. The largest absolute Gasteiger partial charge is 0.355 e. The summed E-state index contributed by atoms with van der Waals surface area (Å²) < 4.78 is 0. The van der Waals surface area contributed by atoms with Crippen molar-refractivity contribution in [2.45, 2.75) is 12.8 Å². The van der Waals surface area contributed by atoms with Gasteiger partial charge in [0.2, 0.25) is 0 Å². The number of carbonyl (C=O) groups excluding carboxylic acids is 1. The Morgan fingerprint density at radius 3 is 2.67 bits per heavy atom. The molecule has 1 aromatic carbocycles. The number of nitrogens with zero attached hydrogens (tertiary/aromatic N) is 3. The van der Waals surface area contributed by atoms with Gasteiger partial charge in [-0.25, -0.2) is 4.98 Å². The average Bonchev–Trinajstić information content (AvgIpc) is 2.63. The fourth-order valence-electron chi connectivity index (χ4n) is 2.80. The van der Waals surface area contributed by atoms with Crippen LogP contribution in [0.3, 0.4) is 0 Å². The maximum absolute atomic E-state index is 12.2. The highest BCUT2D eigenvalue weighted by molar-refractivity contribution is 6.42. The van der Waals surface area contributed by atoms with Crippen molar-refractivity contribution in [3.8, 4) is 0 Å². The molecule has 5 nitrogen and oxygen atoms in total. The predicted octanol–water partition coefficient (Wildman–Crippen LogP) is 3.43. The van der Waals surface area contributed by atoms with Crippen molar-refractivity contribution in [1.82, 2.24) is 15.3 Å². The molecule has 24 heavy (non-hydrogen) atoms. The zero-order valence-corrected chi connectivity index (χ0v) is 14.6. The summed E-state index contributed by atoms with van der Waals surface area (Å²) in [5.74, 6) is 1.25. The molecule has 3 rings (SSSR count). The second kappa shape index (κ2) is 7.81. The van der Waals surface area contributed by atoms with Crippen LogP contribution in [0.5, 0.6) is 0 Å². The van der Waals surface area contributed by atoms with Crippen molar-refractivity contribution in [2.24, 2.45) is 5.92 Å². The van der Waals surface area contributed by atoms with Crippen LogP contribution in [-0.4, -0.2) is 35.5 Å². The van der Waals surface area contributed by atoms with Crippen LogP contribution in [0.1, 0.15) is 23.2 Å². The SMILES string of the molecule is O=C(NCC1CCN(c2cnccn2)CC1)c1ccc(Cl)c(Cl)c1. The lowest BCUT2D eigenvalue weighted by atomic mass is 9.96. The molecule has 2 heterocycles. The molecule has 1 aromatic heterocycles. The minimum atomic E-state index is -0.120. The molecule has 2 aromatic rings. The molecule has 1 saturated heterocycles. The van der Waals surface area contributed by atoms with Gasteiger partial charge in [-0.2, -0.15) is 0 Å². The van der Waals surface area contributed by atoms with E-state index in [1.54, 1.807) is 36.8 Å². The van der Waals surface area contributed by atoms with E-state index in [4.69, 9.17) is 23.2 Å². The van der Waals surface area contributed by atoms with Crippen LogP contribution in [0.25, 0.3) is 0 Å². The quantitative estimate of drug-likeness (QED) is 0.902. The number of amides is 1. The highest BCUT2D eigenvalue weighted by atomic mass is 35.5. The average molecular weight is 365 g/mol. The fraction of sp³-hybridized carbons (Fsp3) is 0.353. The van der Waals surface area contributed by atoms with Gasteiger partial charge in [-0.1, -0.05) is 23.2 Å². The van der Waals surface area contributed by atoms with Gasteiger partial charge < -0.3 is 10.2 Å². The van der Waals surface area contributed by atoms with Crippen LogP contribution in [-0.2, 0) is 0 Å². The Hall–Kier alpha value is -1.85. The number of nitrogens with one attached hydrogen (secondary N) is 1. The van der Waals surface area contributed by atoms with Crippen LogP contribution in [0.4, 0.5) is 5.82 Å². The number of carbonyl (C=O) groups is 1. The van der Waals surface area contributed by atoms with Crippen LogP contribution in [0.2, 0.25) is 10.0 Å². The lowest BCUT2D eigenvalue weighted by Gasteiger charge is -2.32. The van der Waals surface area contributed by atoms with Gasteiger partial charge in [-0.15, -0.1) is 0 Å². The van der Waals surface area contributed by atoms with Crippen molar-refractivity contribution in [3.05, 3.63) is 52.4 Å². The van der Waals surface area contributed by atoms with Crippen LogP contribution in [0, 0.1) is 5.92 Å². The van der Waals surface area contributed by atoms with Gasteiger partial charge in [-0.05, 0) is 37.0 Å². The molecule has 0 saturated carbocycles. The van der Waals surface area contributed by atoms with E-state index in [1.807, 2.05) is 0 Å². The minimum absolute atomic E-state index is 0.120. The van der Waals surface area contributed by atoms with Gasteiger partial charge in [0.1, 0.15) is 5.82 Å². The van der Waals surface area contributed by atoms with E-state index < -0.39 is 0 Å². The summed E-state index contributed by atoms with van der Waals surface area (Å²) in [5.41, 5.74) is 0.529. The number of anilines is 1. The molecule has 7 heteroatoms. The minimum Gasteiger partial charge on any atom is -0.355 e. The molecule has 0 bridgehead atoms. The third kappa shape index (κ3) is 4.16. The van der Waals surface area contributed by atoms with E-state index in [2.05, 4.69) is 20.2 Å². The highest BCUT2D eigenvalue weighted by Gasteiger charge is 2.21. The maximum Gasteiger partial charge on any atom is 0.251 e. The third-order valence-electron chi connectivity index (χ3n) is 4.22. The number of hydrogen-bond donors (Lipinski definition) is 1. The van der Waals surface area contributed by atoms with Gasteiger partial charge in [0.25, 0.3) is 5.91 Å². The van der Waals surface area contributed by atoms with E-state index in [-0.39, 0.29) is 5.91 Å². The van der Waals surface area contributed by atoms with E-state index >= 15 is 0 Å². The van der Waals surface area contributed by atoms with Crippen molar-refractivity contribution >= 4 is 34.9 Å². The topological polar surface area (TPSA) is 58.1 Å². The Morgan fingerprint density at radius 1 is 1.21 bits per heavy atom. The monoisotopic (exact) mass is 364 g/mol. The number of hydrogen-bond acceptors (Lipinski definition) is 4. The van der Waals surface area contributed by atoms with E-state index in [0.717, 1.165) is 31.7 Å². The molecule has 126 valence electrons. The first-order valence-electron chi connectivity index (χ1n) is 7.87.